The molecule has 7 heteroatoms. The minimum atomic E-state index is -0.271. The van der Waals surface area contributed by atoms with Gasteiger partial charge < -0.3 is 4.98 Å². The maximum atomic E-state index is 13.7. The summed E-state index contributed by atoms with van der Waals surface area (Å²) in [5.41, 5.74) is 1.60. The first kappa shape index (κ1) is 15.6. The van der Waals surface area contributed by atoms with Crippen LogP contribution in [0.3, 0.4) is 0 Å². The second-order valence-corrected chi connectivity index (χ2v) is 6.34. The van der Waals surface area contributed by atoms with E-state index in [0.717, 1.165) is 5.69 Å². The van der Waals surface area contributed by atoms with Crippen LogP contribution in [0, 0.1) is 5.82 Å². The molecule has 0 saturated heterocycles. The molecule has 0 aliphatic rings. The van der Waals surface area contributed by atoms with E-state index in [1.807, 2.05) is 30.3 Å². The zero-order valence-electron chi connectivity index (χ0n) is 13.0. The van der Waals surface area contributed by atoms with Crippen molar-refractivity contribution in [1.82, 2.24) is 19.7 Å². The molecule has 0 aliphatic heterocycles. The molecule has 25 heavy (non-hydrogen) atoms. The summed E-state index contributed by atoms with van der Waals surface area (Å²) in [7, 11) is 0. The van der Waals surface area contributed by atoms with Gasteiger partial charge in [-0.2, -0.15) is 5.10 Å². The van der Waals surface area contributed by atoms with Crippen LogP contribution in [0.4, 0.5) is 4.39 Å². The Bertz CT molecular complexity index is 1090. The van der Waals surface area contributed by atoms with Gasteiger partial charge in [0.25, 0.3) is 5.56 Å². The largest absolute Gasteiger partial charge is 0.301 e. The predicted molar refractivity (Wildman–Crippen MR) is 95.4 cm³/mol. The standard InChI is InChI=1S/C18H13FN4OS/c19-15-9-5-4-6-12(15)11-25-18-21-16-14(17(24)22-18)10-20-23(16)13-7-2-1-3-8-13/h1-10H,11H2,(H,21,22,24). The van der Waals surface area contributed by atoms with E-state index >= 15 is 0 Å². The molecular weight excluding hydrogens is 339 g/mol. The number of H-pyrrole nitrogens is 1. The fraction of sp³-hybridized carbons (Fsp3) is 0.0556. The molecule has 4 rings (SSSR count). The minimum absolute atomic E-state index is 0.261. The van der Waals surface area contributed by atoms with E-state index in [1.165, 1.54) is 24.0 Å². The van der Waals surface area contributed by atoms with Gasteiger partial charge >= 0.3 is 0 Å². The highest BCUT2D eigenvalue weighted by Crippen LogP contribution is 2.22. The van der Waals surface area contributed by atoms with Crippen molar-refractivity contribution in [1.29, 1.82) is 0 Å². The first-order valence-electron chi connectivity index (χ1n) is 7.62. The van der Waals surface area contributed by atoms with E-state index in [9.17, 15) is 9.18 Å². The quantitative estimate of drug-likeness (QED) is 0.451. The van der Waals surface area contributed by atoms with Crippen molar-refractivity contribution < 1.29 is 4.39 Å². The van der Waals surface area contributed by atoms with Gasteiger partial charge in [0.05, 0.1) is 11.9 Å². The van der Waals surface area contributed by atoms with Crippen LogP contribution >= 0.6 is 11.8 Å². The Kier molecular flexibility index (Phi) is 4.07. The highest BCUT2D eigenvalue weighted by molar-refractivity contribution is 7.98. The highest BCUT2D eigenvalue weighted by Gasteiger charge is 2.12. The fourth-order valence-electron chi connectivity index (χ4n) is 2.49. The van der Waals surface area contributed by atoms with E-state index in [0.29, 0.717) is 27.5 Å². The Labute approximate surface area is 146 Å². The van der Waals surface area contributed by atoms with E-state index in [4.69, 9.17) is 0 Å². The highest BCUT2D eigenvalue weighted by atomic mass is 32.2. The Hall–Kier alpha value is -2.93. The van der Waals surface area contributed by atoms with Gasteiger partial charge in [0.2, 0.25) is 0 Å². The molecule has 0 spiro atoms. The molecule has 0 unspecified atom stereocenters. The Morgan fingerprint density at radius 1 is 1.08 bits per heavy atom. The second kappa shape index (κ2) is 6.52. The molecule has 0 saturated carbocycles. The van der Waals surface area contributed by atoms with Gasteiger partial charge in [-0.1, -0.05) is 48.2 Å². The molecule has 0 bridgehead atoms. The van der Waals surface area contributed by atoms with E-state index < -0.39 is 0 Å². The van der Waals surface area contributed by atoms with Gasteiger partial charge in [-0.25, -0.2) is 14.1 Å². The van der Waals surface area contributed by atoms with Crippen molar-refractivity contribution in [2.45, 2.75) is 10.9 Å². The smallest absolute Gasteiger partial charge is 0.262 e. The third-order valence-electron chi connectivity index (χ3n) is 3.74. The van der Waals surface area contributed by atoms with Gasteiger partial charge in [0.1, 0.15) is 11.2 Å². The van der Waals surface area contributed by atoms with Gasteiger partial charge in [-0.3, -0.25) is 4.79 Å². The van der Waals surface area contributed by atoms with Crippen LogP contribution in [0.5, 0.6) is 0 Å². The molecule has 4 aromatic rings. The number of nitrogens with one attached hydrogen (secondary N) is 1. The van der Waals surface area contributed by atoms with Crippen molar-refractivity contribution in [2.24, 2.45) is 0 Å². The number of hydrogen-bond donors (Lipinski definition) is 1. The number of thioether (sulfide) groups is 1. The molecule has 0 fully saturated rings. The lowest BCUT2D eigenvalue weighted by Crippen LogP contribution is -2.09. The summed E-state index contributed by atoms with van der Waals surface area (Å²) in [5.74, 6) is 0.105. The fourth-order valence-corrected chi connectivity index (χ4v) is 3.33. The number of halogens is 1. The number of rotatable bonds is 4. The van der Waals surface area contributed by atoms with Crippen LogP contribution < -0.4 is 5.56 Å². The summed E-state index contributed by atoms with van der Waals surface area (Å²) in [6, 6.07) is 16.0. The van der Waals surface area contributed by atoms with E-state index in [1.54, 1.807) is 22.9 Å². The van der Waals surface area contributed by atoms with Crippen molar-refractivity contribution in [3.8, 4) is 5.69 Å². The van der Waals surface area contributed by atoms with Crippen molar-refractivity contribution in [3.05, 3.63) is 82.5 Å². The summed E-state index contributed by atoms with van der Waals surface area (Å²) in [5, 5.41) is 5.11. The van der Waals surface area contributed by atoms with Crippen LogP contribution in [0.1, 0.15) is 5.56 Å². The van der Waals surface area contributed by atoms with Crippen molar-refractivity contribution in [2.75, 3.05) is 0 Å². The maximum Gasteiger partial charge on any atom is 0.262 e. The molecule has 124 valence electrons. The number of benzene rings is 2. The average molecular weight is 352 g/mol. The van der Waals surface area contributed by atoms with Gasteiger partial charge in [-0.15, -0.1) is 0 Å². The first-order valence-corrected chi connectivity index (χ1v) is 8.60. The lowest BCUT2D eigenvalue weighted by atomic mass is 10.2. The molecule has 0 radical (unpaired) electrons. The van der Waals surface area contributed by atoms with Gasteiger partial charge in [0, 0.05) is 5.75 Å². The number of nitrogens with zero attached hydrogens (tertiary/aromatic N) is 3. The average Bonchev–Trinajstić information content (AvgIpc) is 3.06. The van der Waals surface area contributed by atoms with Crippen LogP contribution in [0.25, 0.3) is 16.7 Å². The number of hydrogen-bond acceptors (Lipinski definition) is 4. The molecule has 2 aromatic carbocycles. The summed E-state index contributed by atoms with van der Waals surface area (Å²) in [4.78, 5) is 19.5. The number of aromatic amines is 1. The van der Waals surface area contributed by atoms with Gasteiger partial charge in [-0.05, 0) is 23.8 Å². The van der Waals surface area contributed by atoms with Crippen molar-refractivity contribution in [3.63, 3.8) is 0 Å². The third kappa shape index (κ3) is 3.06. The normalized spacial score (nSPS) is 11.1. The topological polar surface area (TPSA) is 63.6 Å². The van der Waals surface area contributed by atoms with Gasteiger partial charge in [0.15, 0.2) is 10.8 Å². The molecule has 2 heterocycles. The zero-order valence-corrected chi connectivity index (χ0v) is 13.8. The van der Waals surface area contributed by atoms with E-state index in [-0.39, 0.29) is 11.4 Å². The van der Waals surface area contributed by atoms with Crippen LogP contribution in [0.2, 0.25) is 0 Å². The molecule has 5 nitrogen and oxygen atoms in total. The predicted octanol–water partition coefficient (Wildman–Crippen LogP) is 3.54. The molecule has 0 aliphatic carbocycles. The number of para-hydroxylation sites is 1. The van der Waals surface area contributed by atoms with Crippen molar-refractivity contribution >= 4 is 22.8 Å². The number of aromatic nitrogens is 4. The molecule has 0 amide bonds. The maximum absolute atomic E-state index is 13.7. The van der Waals surface area contributed by atoms with Crippen LogP contribution in [0.15, 0.2) is 70.7 Å². The third-order valence-corrected chi connectivity index (χ3v) is 4.66. The molecule has 1 N–H and O–H groups in total. The molecule has 2 aromatic heterocycles. The lowest BCUT2D eigenvalue weighted by Gasteiger charge is -2.05. The number of fused-ring (bicyclic) bond motifs is 1. The summed E-state index contributed by atoms with van der Waals surface area (Å²) < 4.78 is 15.4. The molecular formula is C18H13FN4OS. The Morgan fingerprint density at radius 2 is 1.84 bits per heavy atom. The lowest BCUT2D eigenvalue weighted by molar-refractivity contribution is 0.617. The SMILES string of the molecule is O=c1[nH]c(SCc2ccccc2F)nc2c1cnn2-c1ccccc1. The molecule has 0 atom stereocenters. The Balaban J connectivity index is 1.71. The first-order chi connectivity index (χ1) is 12.2. The monoisotopic (exact) mass is 352 g/mol. The minimum Gasteiger partial charge on any atom is -0.301 e. The Morgan fingerprint density at radius 3 is 2.64 bits per heavy atom. The summed E-state index contributed by atoms with van der Waals surface area (Å²) in [6.07, 6.45) is 1.50. The zero-order chi connectivity index (χ0) is 17.2. The van der Waals surface area contributed by atoms with Crippen LogP contribution in [-0.2, 0) is 5.75 Å². The second-order valence-electron chi connectivity index (χ2n) is 5.38. The van der Waals surface area contributed by atoms with Crippen LogP contribution in [-0.4, -0.2) is 19.7 Å². The summed E-state index contributed by atoms with van der Waals surface area (Å²) >= 11 is 1.28. The van der Waals surface area contributed by atoms with E-state index in [2.05, 4.69) is 15.1 Å². The summed E-state index contributed by atoms with van der Waals surface area (Å²) in [6.45, 7) is 0.